The third-order valence-corrected chi connectivity index (χ3v) is 7.54. The van der Waals surface area contributed by atoms with Crippen LogP contribution in [0.15, 0.2) is 72.8 Å². The Bertz CT molecular complexity index is 1430. The van der Waals surface area contributed by atoms with E-state index in [2.05, 4.69) is 85.3 Å². The second-order valence-corrected chi connectivity index (χ2v) is 11.1. The molecule has 0 aliphatic rings. The number of hydrogen-bond acceptors (Lipinski definition) is 4. The van der Waals surface area contributed by atoms with Crippen molar-refractivity contribution < 1.29 is 30.0 Å². The standard InChI is InChI=1S/C22H19N2.C13H24O2.CH4.Ir/c1-22(2,3)16-11-12-20-19(13-16)21(24-14-23-20)18-10-6-8-15-7-4-5-9-17(15)18;1-5-10(6-2)12(14)9-13(15)11(7-3)8-4;;/h4-9,11-14H,1-3H3;9-11,14H,5-8H2,1-4H3;1H4;/q-1;;;. The van der Waals surface area contributed by atoms with E-state index in [1.807, 2.05) is 33.8 Å². The smallest absolute Gasteiger partial charge is 0.162 e. The quantitative estimate of drug-likeness (QED) is 0.111. The van der Waals surface area contributed by atoms with Crippen molar-refractivity contribution >= 4 is 27.5 Å². The molecule has 41 heavy (non-hydrogen) atoms. The number of benzene rings is 3. The van der Waals surface area contributed by atoms with Gasteiger partial charge in [0, 0.05) is 38.0 Å². The fourth-order valence-corrected chi connectivity index (χ4v) is 4.86. The Balaban J connectivity index is 0.000000436. The van der Waals surface area contributed by atoms with Crippen molar-refractivity contribution in [3.63, 3.8) is 0 Å². The molecule has 0 aliphatic carbocycles. The zero-order chi connectivity index (χ0) is 28.6. The predicted octanol–water partition coefficient (Wildman–Crippen LogP) is 10.1. The topological polar surface area (TPSA) is 63.1 Å². The van der Waals surface area contributed by atoms with E-state index < -0.39 is 0 Å². The molecule has 0 bridgehead atoms. The van der Waals surface area contributed by atoms with Crippen LogP contribution in [0.25, 0.3) is 32.9 Å². The van der Waals surface area contributed by atoms with Gasteiger partial charge in [0.25, 0.3) is 0 Å². The Kier molecular flexibility index (Phi) is 14.6. The number of nitrogens with zero attached hydrogens (tertiary/aromatic N) is 2. The normalized spacial score (nSPS) is 11.6. The summed E-state index contributed by atoms with van der Waals surface area (Å²) in [5, 5.41) is 13.2. The van der Waals surface area contributed by atoms with Gasteiger partial charge in [-0.1, -0.05) is 97.7 Å². The van der Waals surface area contributed by atoms with E-state index in [1.165, 1.54) is 22.4 Å². The first-order chi connectivity index (χ1) is 18.6. The van der Waals surface area contributed by atoms with Crippen LogP contribution in [-0.2, 0) is 30.3 Å². The van der Waals surface area contributed by atoms with Crippen molar-refractivity contribution in [2.45, 2.75) is 87.0 Å². The Morgan fingerprint density at radius 3 is 2.15 bits per heavy atom. The van der Waals surface area contributed by atoms with Crippen molar-refractivity contribution in [1.29, 1.82) is 0 Å². The summed E-state index contributed by atoms with van der Waals surface area (Å²) in [6.45, 7) is 14.7. The fourth-order valence-electron chi connectivity index (χ4n) is 4.86. The van der Waals surface area contributed by atoms with Crippen LogP contribution < -0.4 is 0 Å². The van der Waals surface area contributed by atoms with Crippen molar-refractivity contribution in [1.82, 2.24) is 9.97 Å². The van der Waals surface area contributed by atoms with Gasteiger partial charge < -0.3 is 5.11 Å². The van der Waals surface area contributed by atoms with E-state index in [-0.39, 0.29) is 56.3 Å². The average Bonchev–Trinajstić information content (AvgIpc) is 2.93. The molecule has 5 heteroatoms. The molecule has 1 radical (unpaired) electrons. The minimum absolute atomic E-state index is 0. The summed E-state index contributed by atoms with van der Waals surface area (Å²) in [4.78, 5) is 20.8. The number of fused-ring (bicyclic) bond motifs is 2. The molecule has 223 valence electrons. The first kappa shape index (κ1) is 36.1. The van der Waals surface area contributed by atoms with E-state index in [0.717, 1.165) is 47.8 Å². The number of carbonyl (C=O) groups excluding carboxylic acids is 1. The van der Waals surface area contributed by atoms with Gasteiger partial charge in [-0.2, -0.15) is 0 Å². The average molecular weight is 732 g/mol. The van der Waals surface area contributed by atoms with Crippen LogP contribution in [0.5, 0.6) is 0 Å². The Hall–Kier alpha value is -2.88. The summed E-state index contributed by atoms with van der Waals surface area (Å²) in [6, 6.07) is 22.3. The number of allylic oxidation sites excluding steroid dienone is 2. The third-order valence-electron chi connectivity index (χ3n) is 7.54. The first-order valence-electron chi connectivity index (χ1n) is 14.2. The molecule has 0 spiro atoms. The molecule has 1 aromatic heterocycles. The van der Waals surface area contributed by atoms with Gasteiger partial charge in [0.1, 0.15) is 6.33 Å². The molecule has 1 heterocycles. The van der Waals surface area contributed by atoms with Gasteiger partial charge in [-0.05, 0) is 53.8 Å². The molecule has 0 amide bonds. The molecule has 4 nitrogen and oxygen atoms in total. The zero-order valence-corrected chi connectivity index (χ0v) is 27.3. The van der Waals surface area contributed by atoms with Gasteiger partial charge in [-0.25, -0.2) is 4.98 Å². The van der Waals surface area contributed by atoms with Crippen LogP contribution in [-0.4, -0.2) is 20.9 Å². The summed E-state index contributed by atoms with van der Waals surface area (Å²) in [6.07, 6.45) is 6.55. The maximum atomic E-state index is 11.7. The van der Waals surface area contributed by atoms with Crippen LogP contribution >= 0.6 is 0 Å². The Morgan fingerprint density at radius 2 is 1.54 bits per heavy atom. The van der Waals surface area contributed by atoms with E-state index in [9.17, 15) is 9.90 Å². The maximum absolute atomic E-state index is 11.7. The van der Waals surface area contributed by atoms with Crippen LogP contribution in [0.2, 0.25) is 0 Å². The number of rotatable bonds is 8. The Morgan fingerprint density at radius 1 is 0.902 bits per heavy atom. The molecule has 0 atom stereocenters. The van der Waals surface area contributed by atoms with Crippen molar-refractivity contribution in [2.75, 3.05) is 0 Å². The number of carbonyl (C=O) groups is 1. The molecular weight excluding hydrogens is 685 g/mol. The van der Waals surface area contributed by atoms with Gasteiger partial charge in [0.05, 0.1) is 11.3 Å². The molecule has 3 aromatic carbocycles. The molecule has 0 unspecified atom stereocenters. The number of ketones is 1. The van der Waals surface area contributed by atoms with Gasteiger partial charge in [-0.3, -0.25) is 9.78 Å². The number of aromatic nitrogens is 2. The zero-order valence-electron chi connectivity index (χ0n) is 24.9. The van der Waals surface area contributed by atoms with E-state index in [0.29, 0.717) is 0 Å². The third kappa shape index (κ3) is 9.05. The van der Waals surface area contributed by atoms with E-state index in [1.54, 1.807) is 6.33 Å². The number of hydrogen-bond donors (Lipinski definition) is 1. The van der Waals surface area contributed by atoms with Gasteiger partial charge in [0.15, 0.2) is 5.78 Å². The Labute approximate surface area is 261 Å². The maximum Gasteiger partial charge on any atom is 0.162 e. The monoisotopic (exact) mass is 732 g/mol. The fraction of sp³-hybridized carbons (Fsp3) is 0.417. The van der Waals surface area contributed by atoms with E-state index >= 15 is 0 Å². The van der Waals surface area contributed by atoms with Crippen molar-refractivity contribution in [2.24, 2.45) is 11.8 Å². The molecule has 0 saturated heterocycles. The molecule has 0 aliphatic heterocycles. The molecule has 0 saturated carbocycles. The van der Waals surface area contributed by atoms with Crippen LogP contribution in [0.4, 0.5) is 0 Å². The van der Waals surface area contributed by atoms with E-state index in [4.69, 9.17) is 0 Å². The largest absolute Gasteiger partial charge is 0.512 e. The number of aliphatic hydroxyl groups is 1. The summed E-state index contributed by atoms with van der Waals surface area (Å²) in [5.74, 6) is 0.547. The van der Waals surface area contributed by atoms with Crippen molar-refractivity contribution in [3.8, 4) is 11.3 Å². The predicted molar refractivity (Wildman–Crippen MR) is 171 cm³/mol. The van der Waals surface area contributed by atoms with Crippen LogP contribution in [0.3, 0.4) is 0 Å². The van der Waals surface area contributed by atoms with Crippen LogP contribution in [0, 0.1) is 17.9 Å². The summed E-state index contributed by atoms with van der Waals surface area (Å²) in [5.41, 5.74) is 4.32. The van der Waals surface area contributed by atoms with Crippen molar-refractivity contribution in [3.05, 3.63) is 84.4 Å². The summed E-state index contributed by atoms with van der Waals surface area (Å²) >= 11 is 0. The second kappa shape index (κ2) is 16.5. The molecule has 4 rings (SSSR count). The minimum atomic E-state index is 0. The minimum Gasteiger partial charge on any atom is -0.512 e. The summed E-state index contributed by atoms with van der Waals surface area (Å²) in [7, 11) is 0. The van der Waals surface area contributed by atoms with Gasteiger partial charge >= 0.3 is 0 Å². The summed E-state index contributed by atoms with van der Waals surface area (Å²) < 4.78 is 0. The number of aliphatic hydroxyl groups excluding tert-OH is 1. The molecule has 1 N–H and O–H groups in total. The second-order valence-electron chi connectivity index (χ2n) is 11.1. The SMILES string of the molecule is C.CC(C)(C)c1ccc2ncnc(-c3[c-]ccc4ccccc34)c2c1.CCC(CC)C(=O)C=C(O)C(CC)CC.[Ir]. The molecular formula is C36H47IrN2O2-. The van der Waals surface area contributed by atoms with Crippen LogP contribution in [0.1, 0.15) is 87.1 Å². The van der Waals surface area contributed by atoms with Gasteiger partial charge in [0.2, 0.25) is 0 Å². The molecule has 0 fully saturated rings. The molecule has 4 aromatic rings. The van der Waals surface area contributed by atoms with Gasteiger partial charge in [-0.15, -0.1) is 29.1 Å². The first-order valence-corrected chi connectivity index (χ1v) is 14.2.